The molecule has 1 atom stereocenters. The molecule has 23 heavy (non-hydrogen) atoms. The molecular weight excluding hydrogens is 332 g/mol. The van der Waals surface area contributed by atoms with Crippen LogP contribution in [0.25, 0.3) is 10.2 Å². The number of nitrogens with one attached hydrogen (secondary N) is 1. The molecule has 0 unspecified atom stereocenters. The second kappa shape index (κ2) is 5.90. The molecule has 0 saturated carbocycles. The van der Waals surface area contributed by atoms with Crippen molar-refractivity contribution in [1.82, 2.24) is 9.97 Å². The Balaban J connectivity index is 1.90. The van der Waals surface area contributed by atoms with Crippen molar-refractivity contribution in [2.75, 3.05) is 0 Å². The van der Waals surface area contributed by atoms with Gasteiger partial charge in [0, 0.05) is 9.75 Å². The first-order valence-corrected chi connectivity index (χ1v) is 8.77. The molecule has 120 valence electrons. The summed E-state index contributed by atoms with van der Waals surface area (Å²) in [6.45, 7) is 7.51. The van der Waals surface area contributed by atoms with Crippen LogP contribution in [0.5, 0.6) is 0 Å². The van der Waals surface area contributed by atoms with Gasteiger partial charge in [0.15, 0.2) is 11.9 Å². The van der Waals surface area contributed by atoms with Crippen LogP contribution < -0.4 is 5.56 Å². The molecule has 3 heterocycles. The summed E-state index contributed by atoms with van der Waals surface area (Å²) in [5.74, 6) is -0.0396. The smallest absolute Gasteiger partial charge is 0.349 e. The molecule has 0 amide bonds. The summed E-state index contributed by atoms with van der Waals surface area (Å²) in [6, 6.07) is 3.61. The zero-order chi connectivity index (χ0) is 16.7. The highest BCUT2D eigenvalue weighted by Crippen LogP contribution is 2.27. The highest BCUT2D eigenvalue weighted by Gasteiger charge is 2.19. The van der Waals surface area contributed by atoms with E-state index < -0.39 is 12.1 Å². The summed E-state index contributed by atoms with van der Waals surface area (Å²) in [6.07, 6.45) is -0.621. The van der Waals surface area contributed by atoms with Crippen LogP contribution >= 0.6 is 22.7 Å². The van der Waals surface area contributed by atoms with Crippen LogP contribution in [0.4, 0.5) is 0 Å². The number of ether oxygens (including phenoxy) is 1. The molecule has 0 spiro atoms. The monoisotopic (exact) mass is 348 g/mol. The van der Waals surface area contributed by atoms with Gasteiger partial charge in [-0.1, -0.05) is 0 Å². The first kappa shape index (κ1) is 15.9. The summed E-state index contributed by atoms with van der Waals surface area (Å²) in [7, 11) is 0. The fourth-order valence-electron chi connectivity index (χ4n) is 2.28. The minimum atomic E-state index is -0.621. The van der Waals surface area contributed by atoms with Crippen LogP contribution in [-0.4, -0.2) is 15.9 Å². The van der Waals surface area contributed by atoms with Crippen LogP contribution in [0.3, 0.4) is 0 Å². The highest BCUT2D eigenvalue weighted by molar-refractivity contribution is 7.18. The second-order valence-electron chi connectivity index (χ2n) is 5.37. The molecule has 0 aromatic carbocycles. The lowest BCUT2D eigenvalue weighted by Gasteiger charge is -2.11. The van der Waals surface area contributed by atoms with Crippen molar-refractivity contribution >= 4 is 38.9 Å². The molecular formula is C16H16N2O3S2. The van der Waals surface area contributed by atoms with E-state index in [2.05, 4.69) is 9.97 Å². The number of thiophene rings is 2. The predicted octanol–water partition coefficient (Wildman–Crippen LogP) is 3.89. The molecule has 0 aliphatic carbocycles. The second-order valence-corrected chi connectivity index (χ2v) is 7.86. The molecule has 0 aliphatic heterocycles. The number of carbonyl (C=O) groups is 1. The number of nitrogens with zero attached hydrogens (tertiary/aromatic N) is 1. The minimum absolute atomic E-state index is 0.193. The van der Waals surface area contributed by atoms with Crippen molar-refractivity contribution in [3.05, 3.63) is 48.5 Å². The van der Waals surface area contributed by atoms with Crippen LogP contribution in [0.2, 0.25) is 0 Å². The van der Waals surface area contributed by atoms with Crippen molar-refractivity contribution in [3.8, 4) is 0 Å². The molecule has 0 aliphatic rings. The number of aryl methyl sites for hydroxylation is 3. The van der Waals surface area contributed by atoms with Crippen LogP contribution in [0, 0.1) is 20.8 Å². The number of hydrogen-bond donors (Lipinski definition) is 1. The predicted molar refractivity (Wildman–Crippen MR) is 92.6 cm³/mol. The van der Waals surface area contributed by atoms with Gasteiger partial charge in [0.25, 0.3) is 5.56 Å². The number of aromatic nitrogens is 2. The Labute approximate surface area is 141 Å². The van der Waals surface area contributed by atoms with Gasteiger partial charge in [0.1, 0.15) is 9.71 Å². The average molecular weight is 348 g/mol. The number of rotatable bonds is 3. The number of fused-ring (bicyclic) bond motifs is 1. The first-order valence-electron chi connectivity index (χ1n) is 7.14. The van der Waals surface area contributed by atoms with Gasteiger partial charge < -0.3 is 9.72 Å². The molecule has 0 fully saturated rings. The Morgan fingerprint density at radius 2 is 2.00 bits per heavy atom. The van der Waals surface area contributed by atoms with E-state index in [0.717, 1.165) is 15.3 Å². The van der Waals surface area contributed by atoms with E-state index in [1.807, 2.05) is 26.8 Å². The lowest BCUT2D eigenvalue weighted by Crippen LogP contribution is -2.16. The summed E-state index contributed by atoms with van der Waals surface area (Å²) in [5, 5.41) is 0.614. The maximum atomic E-state index is 12.3. The van der Waals surface area contributed by atoms with Crippen LogP contribution in [0.1, 0.15) is 43.8 Å². The number of aromatic amines is 1. The molecule has 3 rings (SSSR count). The largest absolute Gasteiger partial charge is 0.450 e. The van der Waals surface area contributed by atoms with E-state index in [1.54, 1.807) is 13.0 Å². The lowest BCUT2D eigenvalue weighted by molar-refractivity contribution is 0.0326. The summed E-state index contributed by atoms with van der Waals surface area (Å²) < 4.78 is 5.42. The van der Waals surface area contributed by atoms with E-state index in [4.69, 9.17) is 4.74 Å². The van der Waals surface area contributed by atoms with Crippen molar-refractivity contribution in [3.63, 3.8) is 0 Å². The summed E-state index contributed by atoms with van der Waals surface area (Å²) in [5.41, 5.74) is 0.755. The Morgan fingerprint density at radius 1 is 1.26 bits per heavy atom. The molecule has 0 bridgehead atoms. The van der Waals surface area contributed by atoms with E-state index in [9.17, 15) is 9.59 Å². The summed E-state index contributed by atoms with van der Waals surface area (Å²) in [4.78, 5) is 34.9. The maximum absolute atomic E-state index is 12.3. The zero-order valence-electron chi connectivity index (χ0n) is 13.2. The van der Waals surface area contributed by atoms with Gasteiger partial charge in [-0.3, -0.25) is 4.79 Å². The van der Waals surface area contributed by atoms with E-state index in [-0.39, 0.29) is 5.56 Å². The van der Waals surface area contributed by atoms with Gasteiger partial charge in [-0.2, -0.15) is 0 Å². The van der Waals surface area contributed by atoms with E-state index in [1.165, 1.54) is 22.7 Å². The third-order valence-electron chi connectivity index (χ3n) is 3.67. The van der Waals surface area contributed by atoms with Gasteiger partial charge in [-0.05, 0) is 45.4 Å². The van der Waals surface area contributed by atoms with Gasteiger partial charge in [0.05, 0.1) is 5.39 Å². The molecule has 3 aromatic heterocycles. The van der Waals surface area contributed by atoms with Crippen molar-refractivity contribution < 1.29 is 9.53 Å². The number of H-pyrrole nitrogens is 1. The molecule has 3 aromatic rings. The Morgan fingerprint density at radius 3 is 2.65 bits per heavy atom. The Hall–Kier alpha value is -1.99. The minimum Gasteiger partial charge on any atom is -0.450 e. The number of hydrogen-bond acceptors (Lipinski definition) is 6. The third kappa shape index (κ3) is 2.94. The topological polar surface area (TPSA) is 72.0 Å². The highest BCUT2D eigenvalue weighted by atomic mass is 32.1. The SMILES string of the molecule is Cc1ccc(C(=O)O[C@@H](C)c2nc3sc(C)c(C)c3c(=O)[nH]2)s1. The quantitative estimate of drug-likeness (QED) is 0.729. The molecule has 0 radical (unpaired) electrons. The molecule has 1 N–H and O–H groups in total. The fourth-order valence-corrected chi connectivity index (χ4v) is 4.07. The molecule has 5 nitrogen and oxygen atoms in total. The van der Waals surface area contributed by atoms with Gasteiger partial charge in [0.2, 0.25) is 0 Å². The standard InChI is InChI=1S/C16H16N2O3S2/c1-7-5-6-11(22-7)16(20)21-9(3)13-17-14(19)12-8(2)10(4)23-15(12)18-13/h5-6,9H,1-4H3,(H,17,18,19)/t9-/m0/s1. The lowest BCUT2D eigenvalue weighted by atomic mass is 10.2. The third-order valence-corrected chi connectivity index (χ3v) is 5.75. The summed E-state index contributed by atoms with van der Waals surface area (Å²) >= 11 is 2.85. The van der Waals surface area contributed by atoms with Crippen molar-refractivity contribution in [2.45, 2.75) is 33.8 Å². The van der Waals surface area contributed by atoms with Crippen LogP contribution in [0.15, 0.2) is 16.9 Å². The van der Waals surface area contributed by atoms with Gasteiger partial charge in [-0.25, -0.2) is 9.78 Å². The fraction of sp³-hybridized carbons (Fsp3) is 0.312. The van der Waals surface area contributed by atoms with Gasteiger partial charge in [-0.15, -0.1) is 22.7 Å². The van der Waals surface area contributed by atoms with Gasteiger partial charge >= 0.3 is 5.97 Å². The molecule has 0 saturated heterocycles. The average Bonchev–Trinajstić information content (AvgIpc) is 3.03. The van der Waals surface area contributed by atoms with Crippen LogP contribution in [-0.2, 0) is 4.74 Å². The zero-order valence-corrected chi connectivity index (χ0v) is 14.9. The Kier molecular flexibility index (Phi) is 4.08. The molecule has 7 heteroatoms. The first-order chi connectivity index (χ1) is 10.9. The Bertz CT molecular complexity index is 952. The van der Waals surface area contributed by atoms with Crippen molar-refractivity contribution in [2.24, 2.45) is 0 Å². The number of esters is 1. The van der Waals surface area contributed by atoms with E-state index >= 15 is 0 Å². The maximum Gasteiger partial charge on any atom is 0.349 e. The normalized spacial score (nSPS) is 12.5. The van der Waals surface area contributed by atoms with Crippen molar-refractivity contribution in [1.29, 1.82) is 0 Å². The van der Waals surface area contributed by atoms with E-state index in [0.29, 0.717) is 20.9 Å². The number of carbonyl (C=O) groups excluding carboxylic acids is 1.